The summed E-state index contributed by atoms with van der Waals surface area (Å²) in [6, 6.07) is 17.4. The van der Waals surface area contributed by atoms with E-state index in [-0.39, 0.29) is 17.7 Å². The summed E-state index contributed by atoms with van der Waals surface area (Å²) in [5.74, 6) is -0.221. The topological polar surface area (TPSA) is 73.1 Å². The van der Waals surface area contributed by atoms with Gasteiger partial charge in [0, 0.05) is 6.61 Å². The van der Waals surface area contributed by atoms with Crippen molar-refractivity contribution in [3.05, 3.63) is 66.5 Å². The number of hydrogen-bond donors (Lipinski definition) is 0. The number of benzene rings is 2. The molecule has 0 saturated carbocycles. The quantitative estimate of drug-likeness (QED) is 0.506. The Morgan fingerprint density at radius 1 is 1.17 bits per heavy atom. The fourth-order valence-electron chi connectivity index (χ4n) is 3.40. The average Bonchev–Trinajstić information content (AvgIpc) is 3.52. The van der Waals surface area contributed by atoms with Crippen LogP contribution in [0.25, 0.3) is 15.9 Å². The lowest BCUT2D eigenvalue weighted by Gasteiger charge is -2.22. The summed E-state index contributed by atoms with van der Waals surface area (Å²) in [5, 5.41) is 9.33. The van der Waals surface area contributed by atoms with Gasteiger partial charge in [-0.1, -0.05) is 41.7 Å². The molecule has 0 unspecified atom stereocenters. The molecule has 1 saturated heterocycles. The Kier molecular flexibility index (Phi) is 4.79. The number of para-hydroxylation sites is 2. The SMILES string of the molecule is O=C(c1cnn(-c2ccccc2)n1)N(C[C@@H]1CCCO1)c1nc2ccccc2s1. The van der Waals surface area contributed by atoms with Gasteiger partial charge < -0.3 is 4.74 Å². The van der Waals surface area contributed by atoms with E-state index >= 15 is 0 Å². The maximum atomic E-state index is 13.4. The number of ether oxygens (including phenoxy) is 1. The van der Waals surface area contributed by atoms with E-state index in [9.17, 15) is 4.79 Å². The minimum atomic E-state index is -0.221. The first-order valence-electron chi connectivity index (χ1n) is 9.55. The Bertz CT molecular complexity index is 1100. The first kappa shape index (κ1) is 18.0. The molecular formula is C21H19N5O2S. The smallest absolute Gasteiger partial charge is 0.282 e. The minimum absolute atomic E-state index is 0.00938. The molecule has 146 valence electrons. The molecule has 0 aliphatic carbocycles. The fraction of sp³-hybridized carbons (Fsp3) is 0.238. The number of carbonyl (C=O) groups is 1. The van der Waals surface area contributed by atoms with Gasteiger partial charge in [0.15, 0.2) is 10.8 Å². The van der Waals surface area contributed by atoms with Gasteiger partial charge in [-0.05, 0) is 37.1 Å². The zero-order chi connectivity index (χ0) is 19.6. The Hall–Kier alpha value is -3.10. The third kappa shape index (κ3) is 3.64. The molecule has 1 aliphatic heterocycles. The lowest BCUT2D eigenvalue weighted by atomic mass is 10.2. The van der Waals surface area contributed by atoms with Gasteiger partial charge in [-0.25, -0.2) is 4.98 Å². The molecule has 8 heteroatoms. The van der Waals surface area contributed by atoms with Gasteiger partial charge >= 0.3 is 0 Å². The second-order valence-corrected chi connectivity index (χ2v) is 7.88. The lowest BCUT2D eigenvalue weighted by molar-refractivity contribution is 0.0913. The van der Waals surface area contributed by atoms with Gasteiger partial charge in [0.1, 0.15) is 0 Å². The highest BCUT2D eigenvalue weighted by molar-refractivity contribution is 7.22. The molecule has 0 spiro atoms. The zero-order valence-electron chi connectivity index (χ0n) is 15.6. The maximum Gasteiger partial charge on any atom is 0.282 e. The van der Waals surface area contributed by atoms with Crippen molar-refractivity contribution in [3.63, 3.8) is 0 Å². The molecule has 0 radical (unpaired) electrons. The molecule has 1 atom stereocenters. The van der Waals surface area contributed by atoms with Crippen LogP contribution in [0.3, 0.4) is 0 Å². The number of rotatable bonds is 5. The monoisotopic (exact) mass is 405 g/mol. The predicted octanol–water partition coefficient (Wildman–Crippen LogP) is 3.70. The van der Waals surface area contributed by atoms with E-state index in [1.165, 1.54) is 22.3 Å². The van der Waals surface area contributed by atoms with Crippen LogP contribution in [0, 0.1) is 0 Å². The zero-order valence-corrected chi connectivity index (χ0v) is 16.5. The van der Waals surface area contributed by atoms with Crippen molar-refractivity contribution >= 4 is 32.6 Å². The van der Waals surface area contributed by atoms with E-state index < -0.39 is 0 Å². The van der Waals surface area contributed by atoms with Crippen LogP contribution in [0.2, 0.25) is 0 Å². The van der Waals surface area contributed by atoms with Crippen LogP contribution in [0.4, 0.5) is 5.13 Å². The summed E-state index contributed by atoms with van der Waals surface area (Å²) < 4.78 is 6.82. The predicted molar refractivity (Wildman–Crippen MR) is 112 cm³/mol. The minimum Gasteiger partial charge on any atom is -0.376 e. The van der Waals surface area contributed by atoms with Crippen molar-refractivity contribution in [1.29, 1.82) is 0 Å². The van der Waals surface area contributed by atoms with Gasteiger partial charge in [-0.3, -0.25) is 9.69 Å². The fourth-order valence-corrected chi connectivity index (χ4v) is 4.37. The standard InChI is InChI=1S/C21H19N5O2S/c27-20(18-13-22-26(24-18)15-7-2-1-3-8-15)25(14-16-9-6-12-28-16)21-23-17-10-4-5-11-19(17)29-21/h1-5,7-8,10-11,13,16H,6,9,12,14H2/t16-/m0/s1. The highest BCUT2D eigenvalue weighted by Gasteiger charge is 2.28. The molecule has 2 aromatic heterocycles. The summed E-state index contributed by atoms with van der Waals surface area (Å²) in [7, 11) is 0. The molecule has 29 heavy (non-hydrogen) atoms. The molecule has 1 amide bonds. The number of thiazole rings is 1. The Labute approximate surface area is 171 Å². The van der Waals surface area contributed by atoms with Gasteiger partial charge in [0.05, 0.1) is 34.7 Å². The molecule has 1 aliphatic rings. The number of nitrogens with zero attached hydrogens (tertiary/aromatic N) is 5. The second kappa shape index (κ2) is 7.73. The largest absolute Gasteiger partial charge is 0.376 e. The van der Waals surface area contributed by atoms with Crippen molar-refractivity contribution in [2.45, 2.75) is 18.9 Å². The van der Waals surface area contributed by atoms with Gasteiger partial charge in [0.25, 0.3) is 5.91 Å². The Morgan fingerprint density at radius 2 is 2.00 bits per heavy atom. The first-order chi connectivity index (χ1) is 14.3. The molecule has 7 nitrogen and oxygen atoms in total. The molecule has 2 aromatic carbocycles. The number of anilines is 1. The molecular weight excluding hydrogens is 386 g/mol. The van der Waals surface area contributed by atoms with Crippen molar-refractivity contribution in [2.24, 2.45) is 0 Å². The van der Waals surface area contributed by atoms with Gasteiger partial charge in [-0.2, -0.15) is 9.90 Å². The number of amides is 1. The van der Waals surface area contributed by atoms with Crippen LogP contribution >= 0.6 is 11.3 Å². The molecule has 3 heterocycles. The van der Waals surface area contributed by atoms with Crippen LogP contribution in [0.1, 0.15) is 23.3 Å². The highest BCUT2D eigenvalue weighted by Crippen LogP contribution is 2.30. The molecule has 0 N–H and O–H groups in total. The highest BCUT2D eigenvalue weighted by atomic mass is 32.1. The second-order valence-electron chi connectivity index (χ2n) is 6.87. The summed E-state index contributed by atoms with van der Waals surface area (Å²) in [5.41, 5.74) is 1.97. The Morgan fingerprint density at radius 3 is 2.79 bits per heavy atom. The molecule has 0 bridgehead atoms. The van der Waals surface area contributed by atoms with E-state index in [4.69, 9.17) is 4.74 Å². The number of hydrogen-bond acceptors (Lipinski definition) is 6. The van der Waals surface area contributed by atoms with Crippen molar-refractivity contribution in [3.8, 4) is 5.69 Å². The van der Waals surface area contributed by atoms with Crippen LogP contribution in [0.5, 0.6) is 0 Å². The maximum absolute atomic E-state index is 13.4. The van der Waals surface area contributed by atoms with Gasteiger partial charge in [-0.15, -0.1) is 5.10 Å². The van der Waals surface area contributed by atoms with Crippen molar-refractivity contribution < 1.29 is 9.53 Å². The van der Waals surface area contributed by atoms with Crippen LogP contribution < -0.4 is 4.90 Å². The lowest BCUT2D eigenvalue weighted by Crippen LogP contribution is -2.37. The van der Waals surface area contributed by atoms with E-state index in [2.05, 4.69) is 15.2 Å². The Balaban J connectivity index is 1.48. The number of carbonyl (C=O) groups excluding carboxylic acids is 1. The first-order valence-corrected chi connectivity index (χ1v) is 10.4. The van der Waals surface area contributed by atoms with Gasteiger partial charge in [0.2, 0.25) is 0 Å². The van der Waals surface area contributed by atoms with Crippen LogP contribution in [0.15, 0.2) is 60.8 Å². The number of fused-ring (bicyclic) bond motifs is 1. The van der Waals surface area contributed by atoms with E-state index in [1.807, 2.05) is 54.6 Å². The normalized spacial score (nSPS) is 16.3. The van der Waals surface area contributed by atoms with Crippen molar-refractivity contribution in [2.75, 3.05) is 18.1 Å². The summed E-state index contributed by atoms with van der Waals surface area (Å²) >= 11 is 1.50. The molecule has 4 aromatic rings. The van der Waals surface area contributed by atoms with Crippen LogP contribution in [-0.2, 0) is 4.74 Å². The van der Waals surface area contributed by atoms with E-state index in [1.54, 1.807) is 4.90 Å². The summed E-state index contributed by atoms with van der Waals surface area (Å²) in [4.78, 5) is 21.2. The average molecular weight is 405 g/mol. The third-order valence-electron chi connectivity index (χ3n) is 4.87. The van der Waals surface area contributed by atoms with Crippen molar-refractivity contribution in [1.82, 2.24) is 20.0 Å². The summed E-state index contributed by atoms with van der Waals surface area (Å²) in [6.07, 6.45) is 3.46. The summed E-state index contributed by atoms with van der Waals surface area (Å²) in [6.45, 7) is 1.19. The number of aromatic nitrogens is 4. The molecule has 1 fully saturated rings. The van der Waals surface area contributed by atoms with Crippen LogP contribution in [-0.4, -0.2) is 45.1 Å². The van der Waals surface area contributed by atoms with E-state index in [0.29, 0.717) is 11.7 Å². The third-order valence-corrected chi connectivity index (χ3v) is 5.93. The molecule has 5 rings (SSSR count). The van der Waals surface area contributed by atoms with E-state index in [0.717, 1.165) is 35.4 Å².